The fraction of sp³-hybridized carbons (Fsp3) is 0.750. The van der Waals surface area contributed by atoms with Crippen molar-refractivity contribution in [3.63, 3.8) is 0 Å². The van der Waals surface area contributed by atoms with Crippen molar-refractivity contribution in [3.8, 4) is 0 Å². The molecule has 17 heavy (non-hydrogen) atoms. The summed E-state index contributed by atoms with van der Waals surface area (Å²) in [6.45, 7) is 5.19. The van der Waals surface area contributed by atoms with Gasteiger partial charge in [-0.1, -0.05) is 36.6 Å². The molecule has 2 atom stereocenters. The number of piperidine rings is 1. The van der Waals surface area contributed by atoms with E-state index in [4.69, 9.17) is 0 Å². The molecule has 1 saturated heterocycles. The van der Waals surface area contributed by atoms with E-state index in [2.05, 4.69) is 24.0 Å². The van der Waals surface area contributed by atoms with Crippen molar-refractivity contribution in [2.45, 2.75) is 57.9 Å². The number of hydrogen-bond donors (Lipinski definition) is 0. The zero-order valence-corrected chi connectivity index (χ0v) is 11.1. The van der Waals surface area contributed by atoms with E-state index < -0.39 is 0 Å². The zero-order chi connectivity index (χ0) is 11.7. The van der Waals surface area contributed by atoms with E-state index in [1.807, 2.05) is 0 Å². The van der Waals surface area contributed by atoms with Crippen LogP contribution in [0.2, 0.25) is 0 Å². The minimum Gasteiger partial charge on any atom is -0.300 e. The SMILES string of the molecule is CC1C2=C(CC=CC2)CCC1N1CCCCC1. The lowest BCUT2D eigenvalue weighted by Gasteiger charge is -2.43. The van der Waals surface area contributed by atoms with Crippen molar-refractivity contribution in [3.05, 3.63) is 23.3 Å². The zero-order valence-electron chi connectivity index (χ0n) is 11.1. The average molecular weight is 231 g/mol. The Balaban J connectivity index is 1.73. The van der Waals surface area contributed by atoms with Gasteiger partial charge in [0, 0.05) is 6.04 Å². The van der Waals surface area contributed by atoms with Gasteiger partial charge in [0.25, 0.3) is 0 Å². The molecule has 2 unspecified atom stereocenters. The normalized spacial score (nSPS) is 34.9. The Kier molecular flexibility index (Phi) is 3.37. The average Bonchev–Trinajstić information content (AvgIpc) is 2.40. The van der Waals surface area contributed by atoms with Crippen LogP contribution in [0.5, 0.6) is 0 Å². The molecule has 1 heteroatoms. The fourth-order valence-electron chi connectivity index (χ4n) is 4.03. The van der Waals surface area contributed by atoms with E-state index in [0.717, 1.165) is 12.0 Å². The van der Waals surface area contributed by atoms with Gasteiger partial charge in [0.2, 0.25) is 0 Å². The van der Waals surface area contributed by atoms with Crippen LogP contribution in [0.1, 0.15) is 51.9 Å². The predicted molar refractivity (Wildman–Crippen MR) is 73.0 cm³/mol. The summed E-state index contributed by atoms with van der Waals surface area (Å²) in [7, 11) is 0. The first kappa shape index (κ1) is 11.5. The van der Waals surface area contributed by atoms with Gasteiger partial charge in [-0.15, -0.1) is 0 Å². The second kappa shape index (κ2) is 4.97. The Morgan fingerprint density at radius 1 is 1.06 bits per heavy atom. The van der Waals surface area contributed by atoms with Crippen LogP contribution in [0.3, 0.4) is 0 Å². The molecule has 1 fully saturated rings. The van der Waals surface area contributed by atoms with Gasteiger partial charge >= 0.3 is 0 Å². The number of rotatable bonds is 1. The van der Waals surface area contributed by atoms with Crippen LogP contribution in [0.25, 0.3) is 0 Å². The fourth-order valence-corrected chi connectivity index (χ4v) is 4.03. The second-order valence-corrected chi connectivity index (χ2v) is 6.00. The summed E-state index contributed by atoms with van der Waals surface area (Å²) in [4.78, 5) is 2.79. The molecule has 0 radical (unpaired) electrons. The molecule has 1 aliphatic heterocycles. The Morgan fingerprint density at radius 3 is 2.65 bits per heavy atom. The maximum atomic E-state index is 2.79. The summed E-state index contributed by atoms with van der Waals surface area (Å²) < 4.78 is 0. The maximum absolute atomic E-state index is 2.79. The van der Waals surface area contributed by atoms with Crippen molar-refractivity contribution >= 4 is 0 Å². The molecule has 0 amide bonds. The van der Waals surface area contributed by atoms with E-state index in [0.29, 0.717) is 0 Å². The Labute approximate surface area is 106 Å². The number of likely N-dealkylation sites (tertiary alicyclic amines) is 1. The minimum atomic E-state index is 0.807. The third kappa shape index (κ3) is 2.22. The summed E-state index contributed by atoms with van der Waals surface area (Å²) in [5.41, 5.74) is 3.56. The predicted octanol–water partition coefficient (Wildman–Crippen LogP) is 3.92. The molecule has 3 aliphatic rings. The van der Waals surface area contributed by atoms with Crippen molar-refractivity contribution in [2.75, 3.05) is 13.1 Å². The summed E-state index contributed by atoms with van der Waals surface area (Å²) in [5.74, 6) is 0.807. The second-order valence-electron chi connectivity index (χ2n) is 6.00. The Hall–Kier alpha value is -0.560. The minimum absolute atomic E-state index is 0.807. The number of nitrogens with zero attached hydrogens (tertiary/aromatic N) is 1. The van der Waals surface area contributed by atoms with Gasteiger partial charge in [-0.05, 0) is 57.5 Å². The molecule has 1 nitrogen and oxygen atoms in total. The van der Waals surface area contributed by atoms with Crippen molar-refractivity contribution in [1.82, 2.24) is 4.90 Å². The highest BCUT2D eigenvalue weighted by Crippen LogP contribution is 2.39. The van der Waals surface area contributed by atoms with Crippen LogP contribution < -0.4 is 0 Å². The first-order valence-corrected chi connectivity index (χ1v) is 7.46. The molecule has 0 aromatic heterocycles. The van der Waals surface area contributed by atoms with Crippen LogP contribution in [-0.4, -0.2) is 24.0 Å². The molecule has 0 spiro atoms. The van der Waals surface area contributed by atoms with Crippen LogP contribution in [0.15, 0.2) is 23.3 Å². The van der Waals surface area contributed by atoms with Gasteiger partial charge in [-0.3, -0.25) is 4.90 Å². The summed E-state index contributed by atoms with van der Waals surface area (Å²) in [5, 5.41) is 0. The van der Waals surface area contributed by atoms with Gasteiger partial charge in [-0.2, -0.15) is 0 Å². The summed E-state index contributed by atoms with van der Waals surface area (Å²) in [6, 6.07) is 0.848. The van der Waals surface area contributed by atoms with Gasteiger partial charge in [-0.25, -0.2) is 0 Å². The molecule has 0 saturated carbocycles. The first-order valence-electron chi connectivity index (χ1n) is 7.46. The lowest BCUT2D eigenvalue weighted by molar-refractivity contribution is 0.119. The molecular weight excluding hydrogens is 206 g/mol. The highest BCUT2D eigenvalue weighted by molar-refractivity contribution is 5.29. The quantitative estimate of drug-likeness (QED) is 0.618. The van der Waals surface area contributed by atoms with Crippen LogP contribution >= 0.6 is 0 Å². The maximum Gasteiger partial charge on any atom is 0.0161 e. The first-order chi connectivity index (χ1) is 8.36. The van der Waals surface area contributed by atoms with Gasteiger partial charge in [0.05, 0.1) is 0 Å². The molecule has 3 rings (SSSR count). The highest BCUT2D eigenvalue weighted by atomic mass is 15.2. The van der Waals surface area contributed by atoms with Gasteiger partial charge in [0.1, 0.15) is 0 Å². The monoisotopic (exact) mass is 231 g/mol. The molecular formula is C16H25N. The van der Waals surface area contributed by atoms with Crippen LogP contribution in [0, 0.1) is 5.92 Å². The largest absolute Gasteiger partial charge is 0.300 e. The van der Waals surface area contributed by atoms with E-state index in [-0.39, 0.29) is 0 Å². The molecule has 0 aromatic rings. The van der Waals surface area contributed by atoms with Crippen molar-refractivity contribution in [1.29, 1.82) is 0 Å². The highest BCUT2D eigenvalue weighted by Gasteiger charge is 2.32. The van der Waals surface area contributed by atoms with E-state index in [1.54, 1.807) is 11.1 Å². The van der Waals surface area contributed by atoms with E-state index in [1.165, 1.54) is 58.0 Å². The summed E-state index contributed by atoms with van der Waals surface area (Å²) >= 11 is 0. The molecule has 1 heterocycles. The molecule has 94 valence electrons. The Morgan fingerprint density at radius 2 is 1.82 bits per heavy atom. The third-order valence-corrected chi connectivity index (χ3v) is 5.05. The van der Waals surface area contributed by atoms with Crippen LogP contribution in [-0.2, 0) is 0 Å². The van der Waals surface area contributed by atoms with Gasteiger partial charge < -0.3 is 0 Å². The lowest BCUT2D eigenvalue weighted by Crippen LogP contribution is -2.45. The third-order valence-electron chi connectivity index (χ3n) is 5.05. The molecule has 0 aromatic carbocycles. The van der Waals surface area contributed by atoms with E-state index in [9.17, 15) is 0 Å². The summed E-state index contributed by atoms with van der Waals surface area (Å²) in [6.07, 6.45) is 14.3. The van der Waals surface area contributed by atoms with E-state index >= 15 is 0 Å². The number of allylic oxidation sites excluding steroid dienone is 3. The Bertz CT molecular complexity index is 333. The number of hydrogen-bond acceptors (Lipinski definition) is 1. The molecule has 2 aliphatic carbocycles. The van der Waals surface area contributed by atoms with Gasteiger partial charge in [0.15, 0.2) is 0 Å². The molecule has 0 N–H and O–H groups in total. The van der Waals surface area contributed by atoms with Crippen LogP contribution in [0.4, 0.5) is 0 Å². The lowest BCUT2D eigenvalue weighted by atomic mass is 9.75. The van der Waals surface area contributed by atoms with Crippen molar-refractivity contribution < 1.29 is 0 Å². The topological polar surface area (TPSA) is 3.24 Å². The standard InChI is InChI=1S/C16H25N/c1-13-15-8-4-3-7-14(15)9-10-16(13)17-11-5-2-6-12-17/h3-4,13,16H,2,5-12H2,1H3. The van der Waals surface area contributed by atoms with Crippen molar-refractivity contribution in [2.24, 2.45) is 5.92 Å². The smallest absolute Gasteiger partial charge is 0.0161 e. The molecule has 0 bridgehead atoms.